The molecule has 0 aliphatic heterocycles. The van der Waals surface area contributed by atoms with Gasteiger partial charge in [-0.2, -0.15) is 0 Å². The second kappa shape index (κ2) is 40.6. The van der Waals surface area contributed by atoms with Gasteiger partial charge in [0, 0.05) is 19.3 Å². The van der Waals surface area contributed by atoms with Crippen molar-refractivity contribution in [1.29, 1.82) is 0 Å². The van der Waals surface area contributed by atoms with E-state index in [0.717, 1.165) is 51.5 Å². The number of hydrogen-bond donors (Lipinski definition) is 0. The van der Waals surface area contributed by atoms with Gasteiger partial charge in [0.1, 0.15) is 18.8 Å². The molecule has 55 heavy (non-hydrogen) atoms. The van der Waals surface area contributed by atoms with Gasteiger partial charge in [0.25, 0.3) is 0 Å². The fourth-order valence-electron chi connectivity index (χ4n) is 7.35. The summed E-state index contributed by atoms with van der Waals surface area (Å²) in [6, 6.07) is 0. The van der Waals surface area contributed by atoms with Gasteiger partial charge < -0.3 is 19.1 Å². The molecule has 0 aromatic heterocycles. The van der Waals surface area contributed by atoms with E-state index in [0.29, 0.717) is 31.6 Å². The predicted octanol–water partition coefficient (Wildman–Crippen LogP) is 13.7. The van der Waals surface area contributed by atoms with Gasteiger partial charge in [0.2, 0.25) is 0 Å². The van der Waals surface area contributed by atoms with E-state index in [1.807, 2.05) is 14.1 Å². The number of carbonyl (C=O) groups is 3. The first-order valence-corrected chi connectivity index (χ1v) is 23.8. The summed E-state index contributed by atoms with van der Waals surface area (Å²) in [6.45, 7) is 9.90. The Morgan fingerprint density at radius 1 is 0.455 bits per heavy atom. The summed E-state index contributed by atoms with van der Waals surface area (Å²) < 4.78 is 17.6. The van der Waals surface area contributed by atoms with Crippen LogP contribution in [0.1, 0.15) is 240 Å². The Morgan fingerprint density at radius 2 is 0.927 bits per heavy atom. The van der Waals surface area contributed by atoms with E-state index in [2.05, 4.69) is 39.0 Å². The third-order valence-electron chi connectivity index (χ3n) is 10.9. The molecule has 2 atom stereocenters. The number of hydrogen-bond acceptors (Lipinski definition) is 7. The minimum Gasteiger partial charge on any atom is -0.462 e. The quantitative estimate of drug-likeness (QED) is 0.0347. The predicted molar refractivity (Wildman–Crippen MR) is 232 cm³/mol. The van der Waals surface area contributed by atoms with E-state index >= 15 is 0 Å². The fraction of sp³-hybridized carbons (Fsp3) is 0.917. The van der Waals surface area contributed by atoms with Crippen LogP contribution >= 0.6 is 0 Å². The van der Waals surface area contributed by atoms with Gasteiger partial charge >= 0.3 is 17.9 Å². The summed E-state index contributed by atoms with van der Waals surface area (Å²) in [5.74, 6) is -0.0336. The van der Waals surface area contributed by atoms with Crippen molar-refractivity contribution >= 4 is 17.9 Å². The Kier molecular flexibility index (Phi) is 39.4. The number of rotatable bonds is 42. The molecule has 2 unspecified atom stereocenters. The Morgan fingerprint density at radius 3 is 1.49 bits per heavy atom. The molecule has 0 aromatic carbocycles. The highest BCUT2D eigenvalue weighted by Crippen LogP contribution is 2.25. The Balaban J connectivity index is 4.95. The minimum absolute atomic E-state index is 0.0116. The molecule has 0 amide bonds. The second-order valence-corrected chi connectivity index (χ2v) is 16.8. The summed E-state index contributed by atoms with van der Waals surface area (Å²) in [5.41, 5.74) is 0. The normalized spacial score (nSPS) is 12.7. The Bertz CT molecular complexity index is 847. The van der Waals surface area contributed by atoms with Crippen LogP contribution in [0, 0.1) is 12.3 Å². The first kappa shape index (κ1) is 53.4. The van der Waals surface area contributed by atoms with Crippen molar-refractivity contribution in [3.63, 3.8) is 0 Å². The molecule has 0 aromatic rings. The van der Waals surface area contributed by atoms with Crippen molar-refractivity contribution in [1.82, 2.24) is 4.90 Å². The van der Waals surface area contributed by atoms with Crippen molar-refractivity contribution < 1.29 is 28.6 Å². The molecule has 1 radical (unpaired) electrons. The van der Waals surface area contributed by atoms with Crippen LogP contribution in [0.5, 0.6) is 0 Å². The molecule has 0 saturated heterocycles. The largest absolute Gasteiger partial charge is 0.462 e. The van der Waals surface area contributed by atoms with Crippen LogP contribution in [0.4, 0.5) is 0 Å². The minimum atomic E-state index is -0.419. The zero-order valence-electron chi connectivity index (χ0n) is 37.5. The van der Waals surface area contributed by atoms with Gasteiger partial charge in [-0.1, -0.05) is 163 Å². The van der Waals surface area contributed by atoms with Crippen molar-refractivity contribution in [2.75, 3.05) is 27.2 Å². The van der Waals surface area contributed by atoms with Crippen LogP contribution in [0.15, 0.2) is 0 Å². The molecule has 7 nitrogen and oxygen atoms in total. The lowest BCUT2D eigenvalue weighted by Crippen LogP contribution is -2.26. The summed E-state index contributed by atoms with van der Waals surface area (Å²) >= 11 is 0. The van der Waals surface area contributed by atoms with E-state index in [9.17, 15) is 14.4 Å². The third kappa shape index (κ3) is 37.7. The number of esters is 3. The van der Waals surface area contributed by atoms with Crippen LogP contribution in [0.2, 0.25) is 0 Å². The van der Waals surface area contributed by atoms with Crippen molar-refractivity contribution in [3.05, 3.63) is 6.42 Å². The highest BCUT2D eigenvalue weighted by atomic mass is 16.6. The second-order valence-electron chi connectivity index (χ2n) is 16.8. The van der Waals surface area contributed by atoms with Crippen molar-refractivity contribution in [3.8, 4) is 0 Å². The van der Waals surface area contributed by atoms with E-state index < -0.39 is 6.10 Å². The maximum Gasteiger partial charge on any atom is 0.306 e. The average Bonchev–Trinajstić information content (AvgIpc) is 3.16. The van der Waals surface area contributed by atoms with Gasteiger partial charge in [0.15, 0.2) is 0 Å². The van der Waals surface area contributed by atoms with Crippen molar-refractivity contribution in [2.45, 2.75) is 252 Å². The molecule has 325 valence electrons. The monoisotopic (exact) mass is 779 g/mol. The molecular formula is C48H92NO6. The number of carbonyl (C=O) groups excluding carboxylic acids is 3. The topological polar surface area (TPSA) is 82.1 Å². The van der Waals surface area contributed by atoms with Gasteiger partial charge in [-0.25, -0.2) is 0 Å². The van der Waals surface area contributed by atoms with Crippen LogP contribution < -0.4 is 0 Å². The first-order chi connectivity index (χ1) is 26.7. The molecular weight excluding hydrogens is 687 g/mol. The lowest BCUT2D eigenvalue weighted by molar-refractivity contribution is -0.160. The van der Waals surface area contributed by atoms with Gasteiger partial charge in [-0.3, -0.25) is 14.4 Å². The summed E-state index contributed by atoms with van der Waals surface area (Å²) in [5, 5.41) is 0. The van der Waals surface area contributed by atoms with Crippen molar-refractivity contribution in [2.24, 2.45) is 5.92 Å². The molecule has 7 heteroatoms. The fourth-order valence-corrected chi connectivity index (χ4v) is 7.35. The zero-order valence-corrected chi connectivity index (χ0v) is 37.5. The van der Waals surface area contributed by atoms with Gasteiger partial charge in [0.05, 0.1) is 0 Å². The van der Waals surface area contributed by atoms with Gasteiger partial charge in [-0.05, 0) is 90.8 Å². The number of unbranched alkanes of at least 4 members (excludes halogenated alkanes) is 19. The van der Waals surface area contributed by atoms with Crippen LogP contribution in [-0.2, 0) is 28.6 Å². The van der Waals surface area contributed by atoms with E-state index in [4.69, 9.17) is 14.2 Å². The molecule has 0 heterocycles. The summed E-state index contributed by atoms with van der Waals surface area (Å²) in [4.78, 5) is 40.5. The third-order valence-corrected chi connectivity index (χ3v) is 10.9. The molecule has 0 aliphatic rings. The zero-order chi connectivity index (χ0) is 40.6. The smallest absolute Gasteiger partial charge is 0.306 e. The van der Waals surface area contributed by atoms with Crippen LogP contribution in [0.3, 0.4) is 0 Å². The molecule has 0 spiro atoms. The highest BCUT2D eigenvalue weighted by Gasteiger charge is 2.20. The molecule has 0 N–H and O–H groups in total. The summed E-state index contributed by atoms with van der Waals surface area (Å²) in [6.07, 6.45) is 36.9. The first-order valence-electron chi connectivity index (χ1n) is 23.8. The Labute approximate surface area is 341 Å². The lowest BCUT2D eigenvalue weighted by Gasteiger charge is -2.22. The van der Waals surface area contributed by atoms with E-state index in [1.54, 1.807) is 0 Å². The highest BCUT2D eigenvalue weighted by molar-refractivity contribution is 5.71. The van der Waals surface area contributed by atoms with E-state index in [1.165, 1.54) is 135 Å². The molecule has 0 bridgehead atoms. The summed E-state index contributed by atoms with van der Waals surface area (Å²) in [7, 11) is 4.01. The van der Waals surface area contributed by atoms with Crippen LogP contribution in [-0.4, -0.2) is 62.3 Å². The molecule has 0 saturated carbocycles. The maximum absolute atomic E-state index is 12.8. The molecule has 0 rings (SSSR count). The Hall–Kier alpha value is -1.63. The standard InChI is InChI=1S/C48H92NO6/c1-7-11-15-19-22-26-33-43(32-25-18-14-10-4)39-40-45(55-48(52)38-31-41-49(5)6)42-53-46(50)36-29-30-37-47(51)54-44(34-27-23-20-16-12-8-2)35-28-24-21-17-13-9-3/h15,43-45H,7-14,16-42H2,1-6H3. The number of nitrogens with zero attached hydrogens (tertiary/aromatic N) is 1. The SMILES string of the molecule is CCC[CH]CCCCC(CCCCCC)CCC(COC(=O)CCCCC(=O)OC(CCCCCCCC)CCCCCCCC)OC(=O)CCCN(C)C. The van der Waals surface area contributed by atoms with Crippen LogP contribution in [0.25, 0.3) is 0 Å². The van der Waals surface area contributed by atoms with Gasteiger partial charge in [-0.15, -0.1) is 0 Å². The average molecular weight is 779 g/mol. The molecule has 0 fully saturated rings. The number of ether oxygens (including phenoxy) is 3. The van der Waals surface area contributed by atoms with E-state index in [-0.39, 0.29) is 37.0 Å². The lowest BCUT2D eigenvalue weighted by atomic mass is 9.89. The molecule has 0 aliphatic carbocycles. The maximum atomic E-state index is 12.8.